The molecular formula is C11H19NO4. The topological polar surface area (TPSA) is 78.6 Å². The van der Waals surface area contributed by atoms with Crippen molar-refractivity contribution in [3.05, 3.63) is 12.7 Å². The molecule has 0 saturated carbocycles. The van der Waals surface area contributed by atoms with Gasteiger partial charge in [0.1, 0.15) is 11.6 Å². The van der Waals surface area contributed by atoms with E-state index < -0.39 is 23.6 Å². The van der Waals surface area contributed by atoms with Crippen LogP contribution in [0, 0.1) is 0 Å². The predicted molar refractivity (Wildman–Crippen MR) is 59.6 cm³/mol. The van der Waals surface area contributed by atoms with Crippen molar-refractivity contribution in [2.24, 2.45) is 5.73 Å². The maximum atomic E-state index is 11.4. The Morgan fingerprint density at radius 3 is 2.44 bits per heavy atom. The molecule has 0 saturated heterocycles. The zero-order chi connectivity index (χ0) is 12.8. The Bertz CT molecular complexity index is 268. The van der Waals surface area contributed by atoms with Crippen LogP contribution >= 0.6 is 0 Å². The largest absolute Gasteiger partial charge is 0.462 e. The molecule has 16 heavy (non-hydrogen) atoms. The van der Waals surface area contributed by atoms with Crippen molar-refractivity contribution in [2.75, 3.05) is 6.61 Å². The molecule has 0 spiro atoms. The fourth-order valence-corrected chi connectivity index (χ4v) is 0.841. The van der Waals surface area contributed by atoms with Crippen molar-refractivity contribution >= 4 is 11.9 Å². The second-order valence-electron chi connectivity index (χ2n) is 4.30. The molecule has 0 bridgehead atoms. The van der Waals surface area contributed by atoms with Gasteiger partial charge < -0.3 is 15.2 Å². The van der Waals surface area contributed by atoms with Gasteiger partial charge in [-0.1, -0.05) is 6.58 Å². The van der Waals surface area contributed by atoms with Crippen molar-refractivity contribution in [3.63, 3.8) is 0 Å². The first kappa shape index (κ1) is 14.6. The van der Waals surface area contributed by atoms with Gasteiger partial charge in [-0.3, -0.25) is 4.79 Å². The highest BCUT2D eigenvalue weighted by molar-refractivity contribution is 5.81. The molecule has 1 atom stereocenters. The molecule has 0 aromatic heterocycles. The minimum Gasteiger partial charge on any atom is -0.462 e. The molecule has 0 aromatic rings. The molecule has 92 valence electrons. The van der Waals surface area contributed by atoms with Gasteiger partial charge in [-0.05, 0) is 20.8 Å². The summed E-state index contributed by atoms with van der Waals surface area (Å²) in [5, 5.41) is 0. The van der Waals surface area contributed by atoms with Crippen molar-refractivity contribution in [1.82, 2.24) is 0 Å². The molecule has 0 fully saturated rings. The Morgan fingerprint density at radius 2 is 2.00 bits per heavy atom. The lowest BCUT2D eigenvalue weighted by Crippen LogP contribution is -2.38. The lowest BCUT2D eigenvalue weighted by molar-refractivity contribution is -0.157. The normalized spacial score (nSPS) is 12.8. The first-order chi connectivity index (χ1) is 7.26. The van der Waals surface area contributed by atoms with Gasteiger partial charge in [-0.15, -0.1) is 0 Å². The summed E-state index contributed by atoms with van der Waals surface area (Å²) in [5.74, 6) is -1.03. The molecule has 1 unspecified atom stereocenters. The Hall–Kier alpha value is -1.36. The summed E-state index contributed by atoms with van der Waals surface area (Å²) < 4.78 is 9.76. The number of carbonyl (C=O) groups is 2. The molecule has 0 radical (unpaired) electrons. The second kappa shape index (κ2) is 6.27. The lowest BCUT2D eigenvalue weighted by Gasteiger charge is -2.22. The number of nitrogens with two attached hydrogens (primary N) is 1. The quantitative estimate of drug-likeness (QED) is 0.556. The van der Waals surface area contributed by atoms with E-state index >= 15 is 0 Å². The molecule has 5 nitrogen and oxygen atoms in total. The number of carbonyl (C=O) groups excluding carboxylic acids is 2. The van der Waals surface area contributed by atoms with E-state index in [0.717, 1.165) is 6.08 Å². The summed E-state index contributed by atoms with van der Waals surface area (Å²) in [6.45, 7) is 8.60. The average molecular weight is 229 g/mol. The summed E-state index contributed by atoms with van der Waals surface area (Å²) in [7, 11) is 0. The molecule has 0 aliphatic carbocycles. The van der Waals surface area contributed by atoms with Gasteiger partial charge in [0.05, 0.1) is 6.61 Å². The molecule has 0 amide bonds. The van der Waals surface area contributed by atoms with E-state index in [1.165, 1.54) is 0 Å². The third kappa shape index (κ3) is 7.00. The van der Waals surface area contributed by atoms with Crippen LogP contribution < -0.4 is 5.73 Å². The zero-order valence-electron chi connectivity index (χ0n) is 9.99. The highest BCUT2D eigenvalue weighted by atomic mass is 16.6. The molecule has 0 aliphatic heterocycles. The van der Waals surface area contributed by atoms with E-state index in [1.54, 1.807) is 20.8 Å². The van der Waals surface area contributed by atoms with Gasteiger partial charge in [0.25, 0.3) is 0 Å². The number of hydrogen-bond acceptors (Lipinski definition) is 5. The fourth-order valence-electron chi connectivity index (χ4n) is 0.841. The van der Waals surface area contributed by atoms with Crippen LogP contribution in [0.4, 0.5) is 0 Å². The summed E-state index contributed by atoms with van der Waals surface area (Å²) in [4.78, 5) is 22.1. The number of esters is 2. The second-order valence-corrected chi connectivity index (χ2v) is 4.30. The van der Waals surface area contributed by atoms with E-state index in [9.17, 15) is 9.59 Å². The zero-order valence-corrected chi connectivity index (χ0v) is 9.99. The first-order valence-corrected chi connectivity index (χ1v) is 5.04. The fraction of sp³-hybridized carbons (Fsp3) is 0.636. The van der Waals surface area contributed by atoms with E-state index in [2.05, 4.69) is 6.58 Å². The summed E-state index contributed by atoms with van der Waals surface area (Å²) in [6, 6.07) is -0.781. The molecular weight excluding hydrogens is 210 g/mol. The molecule has 0 aromatic carbocycles. The van der Waals surface area contributed by atoms with Crippen LogP contribution in [0.2, 0.25) is 0 Å². The highest BCUT2D eigenvalue weighted by Gasteiger charge is 2.22. The van der Waals surface area contributed by atoms with Crippen molar-refractivity contribution < 1.29 is 19.1 Å². The van der Waals surface area contributed by atoms with Crippen LogP contribution in [0.5, 0.6) is 0 Å². The minimum absolute atomic E-state index is 0.0747. The van der Waals surface area contributed by atoms with E-state index in [4.69, 9.17) is 15.2 Å². The van der Waals surface area contributed by atoms with E-state index in [-0.39, 0.29) is 13.0 Å². The van der Waals surface area contributed by atoms with Crippen LogP contribution in [0.1, 0.15) is 27.2 Å². The monoisotopic (exact) mass is 229 g/mol. The standard InChI is InChI=1S/C11H19NO4/c1-5-9(13)15-7-6-8(12)10(14)16-11(2,3)4/h5,8H,1,6-7,12H2,2-4H3. The third-order valence-corrected chi connectivity index (χ3v) is 1.55. The van der Waals surface area contributed by atoms with Gasteiger partial charge >= 0.3 is 11.9 Å². The van der Waals surface area contributed by atoms with E-state index in [0.29, 0.717) is 0 Å². The molecule has 5 heteroatoms. The van der Waals surface area contributed by atoms with Gasteiger partial charge in [-0.25, -0.2) is 4.79 Å². The summed E-state index contributed by atoms with van der Waals surface area (Å²) >= 11 is 0. The van der Waals surface area contributed by atoms with Crippen LogP contribution in [-0.2, 0) is 19.1 Å². The van der Waals surface area contributed by atoms with Gasteiger partial charge in [0, 0.05) is 12.5 Å². The lowest BCUT2D eigenvalue weighted by atomic mass is 10.2. The number of hydrogen-bond donors (Lipinski definition) is 1. The third-order valence-electron chi connectivity index (χ3n) is 1.55. The molecule has 0 aliphatic rings. The summed E-state index contributed by atoms with van der Waals surface area (Å²) in [6.07, 6.45) is 1.29. The van der Waals surface area contributed by atoms with Crippen molar-refractivity contribution in [2.45, 2.75) is 38.8 Å². The van der Waals surface area contributed by atoms with Crippen molar-refractivity contribution in [1.29, 1.82) is 0 Å². The summed E-state index contributed by atoms with van der Waals surface area (Å²) in [5.41, 5.74) is 5.00. The van der Waals surface area contributed by atoms with Gasteiger partial charge in [0.2, 0.25) is 0 Å². The highest BCUT2D eigenvalue weighted by Crippen LogP contribution is 2.08. The first-order valence-electron chi connectivity index (χ1n) is 5.04. The van der Waals surface area contributed by atoms with Gasteiger partial charge in [-0.2, -0.15) is 0 Å². The molecule has 0 heterocycles. The number of rotatable bonds is 5. The SMILES string of the molecule is C=CC(=O)OCCC(N)C(=O)OC(C)(C)C. The average Bonchev–Trinajstić information content (AvgIpc) is 2.14. The molecule has 0 rings (SSSR count). The Labute approximate surface area is 95.6 Å². The maximum Gasteiger partial charge on any atom is 0.330 e. The van der Waals surface area contributed by atoms with Crippen LogP contribution in [0.25, 0.3) is 0 Å². The Balaban J connectivity index is 3.88. The van der Waals surface area contributed by atoms with Gasteiger partial charge in [0.15, 0.2) is 0 Å². The van der Waals surface area contributed by atoms with Crippen LogP contribution in [0.15, 0.2) is 12.7 Å². The maximum absolute atomic E-state index is 11.4. The molecule has 2 N–H and O–H groups in total. The minimum atomic E-state index is -0.781. The predicted octanol–water partition coefficient (Wildman–Crippen LogP) is 0.775. The van der Waals surface area contributed by atoms with Crippen LogP contribution in [-0.4, -0.2) is 30.2 Å². The Morgan fingerprint density at radius 1 is 1.44 bits per heavy atom. The smallest absolute Gasteiger partial charge is 0.330 e. The van der Waals surface area contributed by atoms with Crippen LogP contribution in [0.3, 0.4) is 0 Å². The van der Waals surface area contributed by atoms with E-state index in [1.807, 2.05) is 0 Å². The number of ether oxygens (including phenoxy) is 2. The Kier molecular flexibility index (Phi) is 5.74. The van der Waals surface area contributed by atoms with Crippen molar-refractivity contribution in [3.8, 4) is 0 Å².